The van der Waals surface area contributed by atoms with Crippen molar-refractivity contribution in [3.63, 3.8) is 0 Å². The highest BCUT2D eigenvalue weighted by atomic mass is 31.2. The summed E-state index contributed by atoms with van der Waals surface area (Å²) in [6, 6.07) is 0. The molecule has 0 aliphatic heterocycles. The van der Waals surface area contributed by atoms with Crippen LogP contribution in [0.5, 0.6) is 0 Å². The van der Waals surface area contributed by atoms with Gasteiger partial charge in [0.25, 0.3) is 0 Å². The summed E-state index contributed by atoms with van der Waals surface area (Å²) in [6.45, 7) is 4.01. The summed E-state index contributed by atoms with van der Waals surface area (Å²) in [4.78, 5) is 35.2. The highest BCUT2D eigenvalue weighted by Gasteiger charge is 2.27. The lowest BCUT2D eigenvalue weighted by molar-refractivity contribution is -0.870. The van der Waals surface area contributed by atoms with Gasteiger partial charge in [0.15, 0.2) is 6.10 Å². The molecule has 300 valence electrons. The van der Waals surface area contributed by atoms with Gasteiger partial charge in [-0.2, -0.15) is 0 Å². The minimum absolute atomic E-state index is 0.0104. The van der Waals surface area contributed by atoms with Crippen LogP contribution in [0.3, 0.4) is 0 Å². The first-order valence-electron chi connectivity index (χ1n) is 19.5. The van der Waals surface area contributed by atoms with Gasteiger partial charge in [-0.1, -0.05) is 130 Å². The molecule has 0 aromatic heterocycles. The number of phosphoric acid groups is 1. The van der Waals surface area contributed by atoms with Gasteiger partial charge in [-0.3, -0.25) is 18.6 Å². The second kappa shape index (κ2) is 34.7. The van der Waals surface area contributed by atoms with Crippen LogP contribution in [0.4, 0.5) is 0 Å². The van der Waals surface area contributed by atoms with E-state index in [0.717, 1.165) is 70.6 Å². The van der Waals surface area contributed by atoms with Gasteiger partial charge in [0.1, 0.15) is 19.8 Å². The SMILES string of the molecule is CC/C=C/C=C/C=C/CCCCCCCC(=O)OC(COC(=O)CC/C=C/C/C=C/C/C=C/C/C=C/C/C=C/CC)COP(=O)(O)OCC[N+](C)(C)C. The molecule has 53 heavy (non-hydrogen) atoms. The maximum absolute atomic E-state index is 12.6. The molecule has 0 aromatic rings. The standard InChI is InChI=1S/C43H70NO8P/c1-6-8-10-12-14-16-18-20-21-22-24-25-27-29-31-33-35-42(45)49-39-41(40-51-53(47,48)50-38-37-44(3,4)5)52-43(46)36-34-32-30-28-26-23-19-17-15-13-11-9-7-2/h8-11,13-17,19-21,24-25,29,31,41H,6-7,12,18,22-23,26-28,30,32-40H2,1-5H3/p+1/b10-8+,11-9+,15-13+,16-14+,19-17+,21-20+,25-24+,31-29+. The molecule has 0 saturated carbocycles. The van der Waals surface area contributed by atoms with Gasteiger partial charge in [-0.15, -0.1) is 0 Å². The lowest BCUT2D eigenvalue weighted by Gasteiger charge is -2.24. The molecule has 2 atom stereocenters. The van der Waals surface area contributed by atoms with Gasteiger partial charge in [0, 0.05) is 12.8 Å². The third-order valence-corrected chi connectivity index (χ3v) is 8.42. The molecule has 0 aromatic carbocycles. The number of carbonyl (C=O) groups is 2. The molecule has 2 unspecified atom stereocenters. The highest BCUT2D eigenvalue weighted by molar-refractivity contribution is 7.47. The smallest absolute Gasteiger partial charge is 0.462 e. The first-order valence-corrected chi connectivity index (χ1v) is 21.0. The summed E-state index contributed by atoms with van der Waals surface area (Å²) in [5.74, 6) is -0.934. The van der Waals surface area contributed by atoms with E-state index in [4.69, 9.17) is 18.5 Å². The van der Waals surface area contributed by atoms with Crippen molar-refractivity contribution in [2.75, 3.05) is 47.5 Å². The average Bonchev–Trinajstić information content (AvgIpc) is 3.10. The van der Waals surface area contributed by atoms with E-state index in [2.05, 4.69) is 80.7 Å². The number of allylic oxidation sites excluding steroid dienone is 16. The third kappa shape index (κ3) is 38.5. The van der Waals surface area contributed by atoms with Crippen molar-refractivity contribution >= 4 is 19.8 Å². The first kappa shape index (κ1) is 49.9. The van der Waals surface area contributed by atoms with Crippen LogP contribution in [0.25, 0.3) is 0 Å². The van der Waals surface area contributed by atoms with Crippen molar-refractivity contribution in [1.82, 2.24) is 0 Å². The van der Waals surface area contributed by atoms with Crippen LogP contribution >= 0.6 is 7.82 Å². The predicted octanol–water partition coefficient (Wildman–Crippen LogP) is 10.6. The molecule has 0 aliphatic rings. The third-order valence-electron chi connectivity index (χ3n) is 7.43. The number of phosphoric ester groups is 1. The van der Waals surface area contributed by atoms with Crippen LogP contribution in [0.1, 0.15) is 110 Å². The van der Waals surface area contributed by atoms with E-state index in [-0.39, 0.29) is 26.1 Å². The second-order valence-corrected chi connectivity index (χ2v) is 15.1. The van der Waals surface area contributed by atoms with Gasteiger partial charge in [-0.05, 0) is 64.2 Å². The first-order chi connectivity index (χ1) is 25.5. The van der Waals surface area contributed by atoms with Crippen molar-refractivity contribution < 1.29 is 42.1 Å². The number of hydrogen-bond donors (Lipinski definition) is 1. The van der Waals surface area contributed by atoms with Gasteiger partial charge in [-0.25, -0.2) is 4.57 Å². The average molecular weight is 761 g/mol. The second-order valence-electron chi connectivity index (χ2n) is 13.6. The zero-order chi connectivity index (χ0) is 39.3. The fourth-order valence-corrected chi connectivity index (χ4v) is 5.15. The molecule has 10 heteroatoms. The number of quaternary nitrogens is 1. The maximum Gasteiger partial charge on any atom is 0.472 e. The molecular weight excluding hydrogens is 689 g/mol. The lowest BCUT2D eigenvalue weighted by Crippen LogP contribution is -2.37. The molecule has 0 rings (SSSR count). The Morgan fingerprint density at radius 2 is 1.15 bits per heavy atom. The topological polar surface area (TPSA) is 108 Å². The Balaban J connectivity index is 4.60. The number of ether oxygens (including phenoxy) is 2. The summed E-state index contributed by atoms with van der Waals surface area (Å²) >= 11 is 0. The van der Waals surface area contributed by atoms with E-state index < -0.39 is 32.5 Å². The van der Waals surface area contributed by atoms with Crippen LogP contribution < -0.4 is 0 Å². The quantitative estimate of drug-likeness (QED) is 0.0176. The monoisotopic (exact) mass is 760 g/mol. The molecule has 0 spiro atoms. The molecule has 0 saturated heterocycles. The molecule has 0 aliphatic carbocycles. The largest absolute Gasteiger partial charge is 0.472 e. The Hall–Kier alpha value is -3.07. The van der Waals surface area contributed by atoms with Crippen molar-refractivity contribution in [3.8, 4) is 0 Å². The van der Waals surface area contributed by atoms with Crippen molar-refractivity contribution in [3.05, 3.63) is 97.2 Å². The van der Waals surface area contributed by atoms with Gasteiger partial charge in [0.05, 0.1) is 27.7 Å². The highest BCUT2D eigenvalue weighted by Crippen LogP contribution is 2.43. The fourth-order valence-electron chi connectivity index (χ4n) is 4.41. The Morgan fingerprint density at radius 1 is 0.604 bits per heavy atom. The Kier molecular flexibility index (Phi) is 32.7. The molecular formula is C43H71NO8P+. The van der Waals surface area contributed by atoms with E-state index in [1.54, 1.807) is 0 Å². The van der Waals surface area contributed by atoms with Gasteiger partial charge >= 0.3 is 19.8 Å². The van der Waals surface area contributed by atoms with Crippen LogP contribution in [0.2, 0.25) is 0 Å². The Labute approximate surface area is 322 Å². The summed E-state index contributed by atoms with van der Waals surface area (Å²) < 4.78 is 34.1. The van der Waals surface area contributed by atoms with E-state index in [1.807, 2.05) is 51.5 Å². The number of likely N-dealkylation sites (N-methyl/N-ethyl adjacent to an activating group) is 1. The summed E-state index contributed by atoms with van der Waals surface area (Å²) in [5, 5.41) is 0. The minimum Gasteiger partial charge on any atom is -0.462 e. The zero-order valence-corrected chi connectivity index (χ0v) is 34.3. The van der Waals surface area contributed by atoms with E-state index in [9.17, 15) is 19.0 Å². The number of rotatable bonds is 33. The number of hydrogen-bond acceptors (Lipinski definition) is 7. The molecule has 1 N–H and O–H groups in total. The molecule has 0 fully saturated rings. The van der Waals surface area contributed by atoms with E-state index in [1.165, 1.54) is 0 Å². The van der Waals surface area contributed by atoms with Gasteiger partial charge < -0.3 is 18.9 Å². The maximum atomic E-state index is 12.6. The number of esters is 2. The zero-order valence-electron chi connectivity index (χ0n) is 33.4. The Morgan fingerprint density at radius 3 is 1.75 bits per heavy atom. The molecule has 0 radical (unpaired) electrons. The van der Waals surface area contributed by atoms with Crippen LogP contribution in [0.15, 0.2) is 97.2 Å². The van der Waals surface area contributed by atoms with Crippen LogP contribution in [0, 0.1) is 0 Å². The van der Waals surface area contributed by atoms with Crippen molar-refractivity contribution in [2.45, 2.75) is 116 Å². The minimum atomic E-state index is -4.40. The van der Waals surface area contributed by atoms with E-state index in [0.29, 0.717) is 23.9 Å². The van der Waals surface area contributed by atoms with Gasteiger partial charge in [0.2, 0.25) is 0 Å². The fraction of sp³-hybridized carbons (Fsp3) is 0.581. The molecule has 9 nitrogen and oxygen atoms in total. The van der Waals surface area contributed by atoms with Crippen molar-refractivity contribution in [1.29, 1.82) is 0 Å². The van der Waals surface area contributed by atoms with Crippen molar-refractivity contribution in [2.24, 2.45) is 0 Å². The molecule has 0 amide bonds. The normalized spacial score (nSPS) is 14.8. The molecule has 0 bridgehead atoms. The summed E-state index contributed by atoms with van der Waals surface area (Å²) in [5.41, 5.74) is 0. The molecule has 0 heterocycles. The van der Waals surface area contributed by atoms with Crippen LogP contribution in [-0.2, 0) is 32.7 Å². The summed E-state index contributed by atoms with van der Waals surface area (Å²) in [6.07, 6.45) is 44.8. The van der Waals surface area contributed by atoms with E-state index >= 15 is 0 Å². The summed E-state index contributed by atoms with van der Waals surface area (Å²) in [7, 11) is 1.40. The predicted molar refractivity (Wildman–Crippen MR) is 219 cm³/mol. The Bertz CT molecular complexity index is 1220. The lowest BCUT2D eigenvalue weighted by atomic mass is 10.1. The number of nitrogens with zero attached hydrogens (tertiary/aromatic N) is 1. The van der Waals surface area contributed by atoms with Crippen LogP contribution in [-0.4, -0.2) is 74.9 Å². The number of unbranched alkanes of at least 4 members (excludes halogenated alkanes) is 5. The number of carbonyl (C=O) groups excluding carboxylic acids is 2.